The SMILES string of the molecule is COC1(NC(=O)C(=Cc2ccccc2)C(F)(F)F)C=C(OC(C)=O)C2=C3C1O[C@H]1CCC[C@H]4[C@@H](C2)[N+](C)(CCc2ccccc2)CC[C@]314. The largest absolute Gasteiger partial charge is 0.427 e. The van der Waals surface area contributed by atoms with E-state index in [4.69, 9.17) is 14.2 Å². The number of allylic oxidation sites excluding steroid dienone is 1. The van der Waals surface area contributed by atoms with Crippen LogP contribution in [0, 0.1) is 11.3 Å². The first-order valence-electron chi connectivity index (χ1n) is 16.8. The number of methoxy groups -OCH3 is 1. The third kappa shape index (κ3) is 5.33. The molecule has 2 bridgehead atoms. The van der Waals surface area contributed by atoms with Gasteiger partial charge in [0.2, 0.25) is 0 Å². The van der Waals surface area contributed by atoms with Crippen LogP contribution in [0.1, 0.15) is 50.2 Å². The minimum Gasteiger partial charge on any atom is -0.427 e. The number of rotatable bonds is 8. The Labute approximate surface area is 279 Å². The number of nitrogens with one attached hydrogen (secondary N) is 1. The summed E-state index contributed by atoms with van der Waals surface area (Å²) in [6, 6.07) is 18.6. The quantitative estimate of drug-likeness (QED) is 0.156. The summed E-state index contributed by atoms with van der Waals surface area (Å²) in [4.78, 5) is 26.3. The van der Waals surface area contributed by atoms with E-state index in [1.165, 1.54) is 37.8 Å². The fourth-order valence-electron chi connectivity index (χ4n) is 9.51. The van der Waals surface area contributed by atoms with Gasteiger partial charge in [-0.2, -0.15) is 13.2 Å². The Morgan fingerprint density at radius 3 is 2.46 bits per heavy atom. The van der Waals surface area contributed by atoms with Crippen LogP contribution in [0.25, 0.3) is 6.08 Å². The van der Waals surface area contributed by atoms with E-state index in [0.29, 0.717) is 6.42 Å². The van der Waals surface area contributed by atoms with Gasteiger partial charge in [0, 0.05) is 56.3 Å². The Kier molecular flexibility index (Phi) is 8.20. The highest BCUT2D eigenvalue weighted by molar-refractivity contribution is 5.99. The third-order valence-corrected chi connectivity index (χ3v) is 11.7. The molecule has 48 heavy (non-hydrogen) atoms. The molecule has 2 aliphatic heterocycles. The summed E-state index contributed by atoms with van der Waals surface area (Å²) >= 11 is 0. The molecule has 1 N–H and O–H groups in total. The summed E-state index contributed by atoms with van der Waals surface area (Å²) in [5.74, 6) is -1.43. The van der Waals surface area contributed by atoms with Gasteiger partial charge in [-0.15, -0.1) is 0 Å². The topological polar surface area (TPSA) is 73.9 Å². The van der Waals surface area contributed by atoms with Gasteiger partial charge in [0.15, 0.2) is 5.72 Å². The lowest BCUT2D eigenvalue weighted by molar-refractivity contribution is -0.945. The summed E-state index contributed by atoms with van der Waals surface area (Å²) < 4.78 is 62.9. The molecule has 2 heterocycles. The van der Waals surface area contributed by atoms with Crippen molar-refractivity contribution in [2.24, 2.45) is 11.3 Å². The van der Waals surface area contributed by atoms with Crippen molar-refractivity contribution in [1.82, 2.24) is 5.32 Å². The number of nitrogens with zero attached hydrogens (tertiary/aromatic N) is 1. The minimum absolute atomic E-state index is 0.199. The minimum atomic E-state index is -4.95. The van der Waals surface area contributed by atoms with Crippen LogP contribution in [-0.2, 0) is 30.2 Å². The lowest BCUT2D eigenvalue weighted by atomic mass is 9.50. The van der Waals surface area contributed by atoms with Gasteiger partial charge in [-0.3, -0.25) is 9.59 Å². The van der Waals surface area contributed by atoms with E-state index >= 15 is 0 Å². The number of quaternary nitrogens is 1. The number of carbonyl (C=O) groups excluding carboxylic acids is 2. The van der Waals surface area contributed by atoms with Crippen LogP contribution in [0.15, 0.2) is 89.2 Å². The van der Waals surface area contributed by atoms with Crippen LogP contribution in [-0.4, -0.2) is 73.8 Å². The second-order valence-corrected chi connectivity index (χ2v) is 14.2. The molecule has 0 radical (unpaired) electrons. The van der Waals surface area contributed by atoms with Gasteiger partial charge >= 0.3 is 12.1 Å². The van der Waals surface area contributed by atoms with Gasteiger partial charge in [-0.25, -0.2) is 0 Å². The van der Waals surface area contributed by atoms with Crippen molar-refractivity contribution in [2.75, 3.05) is 27.2 Å². The maximum absolute atomic E-state index is 14.4. The Hall–Kier alpha value is -3.73. The molecule has 1 saturated carbocycles. The van der Waals surface area contributed by atoms with E-state index in [2.05, 4.69) is 36.6 Å². The summed E-state index contributed by atoms with van der Waals surface area (Å²) in [6.45, 7) is 3.17. The highest BCUT2D eigenvalue weighted by Gasteiger charge is 2.72. The Morgan fingerprint density at radius 1 is 1.08 bits per heavy atom. The van der Waals surface area contributed by atoms with Crippen molar-refractivity contribution >= 4 is 18.0 Å². The van der Waals surface area contributed by atoms with E-state index in [1.807, 2.05) is 6.07 Å². The van der Waals surface area contributed by atoms with Crippen LogP contribution >= 0.6 is 0 Å². The molecule has 3 unspecified atom stereocenters. The lowest BCUT2D eigenvalue weighted by Crippen LogP contribution is -2.69. The molecule has 1 amide bonds. The molecule has 7 nitrogen and oxygen atoms in total. The maximum Gasteiger partial charge on any atom is 0.421 e. The number of alkyl halides is 3. The molecule has 254 valence electrons. The first-order valence-corrected chi connectivity index (χ1v) is 16.8. The molecule has 10 heteroatoms. The first kappa shape index (κ1) is 32.8. The van der Waals surface area contributed by atoms with Crippen LogP contribution in [0.5, 0.6) is 0 Å². The van der Waals surface area contributed by atoms with Gasteiger partial charge in [0.1, 0.15) is 17.4 Å². The monoisotopic (exact) mass is 663 g/mol. The van der Waals surface area contributed by atoms with Gasteiger partial charge in [-0.1, -0.05) is 67.1 Å². The van der Waals surface area contributed by atoms with E-state index in [1.54, 1.807) is 18.2 Å². The predicted octanol–water partition coefficient (Wildman–Crippen LogP) is 6.27. The zero-order chi connectivity index (χ0) is 33.9. The zero-order valence-corrected chi connectivity index (χ0v) is 27.5. The van der Waals surface area contributed by atoms with E-state index in [0.717, 1.165) is 66.9 Å². The number of likely N-dealkylation sites (tertiary alicyclic amines) is 1. The number of hydrogen-bond donors (Lipinski definition) is 1. The molecule has 3 fully saturated rings. The smallest absolute Gasteiger partial charge is 0.421 e. The van der Waals surface area contributed by atoms with Crippen LogP contribution < -0.4 is 5.32 Å². The average Bonchev–Trinajstić information content (AvgIpc) is 3.41. The van der Waals surface area contributed by atoms with Crippen molar-refractivity contribution in [1.29, 1.82) is 0 Å². The molecular formula is C38H42F3N2O5+. The van der Waals surface area contributed by atoms with Crippen molar-refractivity contribution in [2.45, 2.75) is 75.6 Å². The molecule has 2 saturated heterocycles. The molecular weight excluding hydrogens is 621 g/mol. The van der Waals surface area contributed by atoms with Crippen LogP contribution in [0.3, 0.4) is 0 Å². The lowest BCUT2D eigenvalue weighted by Gasteiger charge is -2.62. The highest BCUT2D eigenvalue weighted by atomic mass is 19.4. The number of piperidine rings is 1. The Bertz CT molecular complexity index is 1690. The van der Waals surface area contributed by atoms with E-state index in [-0.39, 0.29) is 29.4 Å². The van der Waals surface area contributed by atoms with E-state index in [9.17, 15) is 22.8 Å². The molecule has 2 aromatic rings. The summed E-state index contributed by atoms with van der Waals surface area (Å²) in [5.41, 5.74) is -0.300. The molecule has 1 spiro atoms. The van der Waals surface area contributed by atoms with Crippen molar-refractivity contribution in [3.63, 3.8) is 0 Å². The number of likely N-dealkylation sites (N-methyl/N-ethyl adjacent to an activating group) is 1. The van der Waals surface area contributed by atoms with Crippen LogP contribution in [0.4, 0.5) is 13.2 Å². The molecule has 7 atom stereocenters. The highest BCUT2D eigenvalue weighted by Crippen LogP contribution is 2.68. The normalized spacial score (nSPS) is 33.9. The van der Waals surface area contributed by atoms with Gasteiger partial charge in [-0.05, 0) is 35.6 Å². The fraction of sp³-hybridized carbons (Fsp3) is 0.474. The molecule has 0 aromatic heterocycles. The Morgan fingerprint density at radius 2 is 1.79 bits per heavy atom. The van der Waals surface area contributed by atoms with Crippen LogP contribution in [0.2, 0.25) is 0 Å². The Balaban J connectivity index is 1.30. The van der Waals surface area contributed by atoms with Gasteiger partial charge in [0.05, 0.1) is 32.3 Å². The first-order chi connectivity index (χ1) is 22.9. The summed E-state index contributed by atoms with van der Waals surface area (Å²) in [5, 5.41) is 2.60. The number of carbonyl (C=O) groups is 2. The molecule has 3 aliphatic carbocycles. The number of hydrogen-bond acceptors (Lipinski definition) is 5. The van der Waals surface area contributed by atoms with Crippen molar-refractivity contribution in [3.05, 3.63) is 100 Å². The molecule has 2 aromatic carbocycles. The zero-order valence-electron chi connectivity index (χ0n) is 27.5. The second-order valence-electron chi connectivity index (χ2n) is 14.2. The molecule has 5 aliphatic rings. The summed E-state index contributed by atoms with van der Waals surface area (Å²) in [6.07, 6.45) is 1.42. The molecule has 7 rings (SSSR count). The number of esters is 1. The number of benzene rings is 2. The predicted molar refractivity (Wildman–Crippen MR) is 173 cm³/mol. The average molecular weight is 664 g/mol. The third-order valence-electron chi connectivity index (χ3n) is 11.7. The summed E-state index contributed by atoms with van der Waals surface area (Å²) in [7, 11) is 3.67. The number of halogens is 3. The standard InChI is InChI=1S/C38H41F3N2O5/c1-24(44)47-31-23-37(46-3,42-35(45)29(38(39,40)41)21-26-13-8-5-9-14-26)34-33-27(31)22-30-28-15-10-16-32(48-34)36(28,33)18-20-43(30,2)19-17-25-11-6-4-7-12-25/h4-9,11-14,21,23,28,30,32,34H,10,15-20,22H2,1-3H3/p+1/t28-,30+,32-,34?,36+,37?,43?/m0/s1. The van der Waals surface area contributed by atoms with Crippen molar-refractivity contribution < 1.29 is 41.5 Å². The van der Waals surface area contributed by atoms with Crippen molar-refractivity contribution in [3.8, 4) is 0 Å². The second kappa shape index (κ2) is 12.0. The number of ether oxygens (including phenoxy) is 3. The fourth-order valence-corrected chi connectivity index (χ4v) is 9.51. The maximum atomic E-state index is 14.4. The van der Waals surface area contributed by atoms with E-state index < -0.39 is 40.9 Å². The van der Waals surface area contributed by atoms with Gasteiger partial charge in [0.25, 0.3) is 5.91 Å². The van der Waals surface area contributed by atoms with Gasteiger partial charge < -0.3 is 24.0 Å². The number of amides is 1.